The number of nitro benzene ring substituents is 1. The summed E-state index contributed by atoms with van der Waals surface area (Å²) < 4.78 is 4.87. The van der Waals surface area contributed by atoms with Crippen molar-refractivity contribution in [3.63, 3.8) is 0 Å². The molecule has 0 spiro atoms. The molecule has 15 heavy (non-hydrogen) atoms. The van der Waals surface area contributed by atoms with E-state index in [1.807, 2.05) is 0 Å². The maximum absolute atomic E-state index is 10.6. The lowest BCUT2D eigenvalue weighted by Crippen LogP contribution is -2.03. The van der Waals surface area contributed by atoms with Crippen LogP contribution in [0.15, 0.2) is 12.1 Å². The Morgan fingerprint density at radius 2 is 2.20 bits per heavy atom. The van der Waals surface area contributed by atoms with E-state index in [9.17, 15) is 15.2 Å². The summed E-state index contributed by atoms with van der Waals surface area (Å²) in [6.45, 7) is -0.373. The highest BCUT2D eigenvalue weighted by Crippen LogP contribution is 2.36. The number of halogens is 1. The first-order chi connectivity index (χ1) is 7.06. The Bertz CT molecular complexity index is 382. The van der Waals surface area contributed by atoms with Gasteiger partial charge in [0, 0.05) is 12.1 Å². The Kier molecular flexibility index (Phi) is 3.70. The van der Waals surface area contributed by atoms with Crippen molar-refractivity contribution in [2.45, 2.75) is 0 Å². The number of ether oxygens (including phenoxy) is 1. The maximum atomic E-state index is 10.6. The fraction of sp³-hybridized carbons (Fsp3) is 0.250. The van der Waals surface area contributed by atoms with Crippen molar-refractivity contribution >= 4 is 17.3 Å². The minimum Gasteiger partial charge on any atom is -0.506 e. The SMILES string of the molecule is O=[N+]([O-])c1cc(Cl)c(O)cc1OCCO. The van der Waals surface area contributed by atoms with Crippen LogP contribution in [-0.2, 0) is 0 Å². The second-order valence-electron chi connectivity index (χ2n) is 2.60. The summed E-state index contributed by atoms with van der Waals surface area (Å²) >= 11 is 5.50. The van der Waals surface area contributed by atoms with E-state index >= 15 is 0 Å². The van der Waals surface area contributed by atoms with Gasteiger partial charge >= 0.3 is 5.69 Å². The van der Waals surface area contributed by atoms with Gasteiger partial charge in [-0.2, -0.15) is 0 Å². The molecule has 0 aliphatic heterocycles. The van der Waals surface area contributed by atoms with Crippen LogP contribution < -0.4 is 4.74 Å². The molecule has 1 aromatic rings. The summed E-state index contributed by atoms with van der Waals surface area (Å²) in [6.07, 6.45) is 0. The van der Waals surface area contributed by atoms with E-state index in [1.54, 1.807) is 0 Å². The highest BCUT2D eigenvalue weighted by molar-refractivity contribution is 6.32. The van der Waals surface area contributed by atoms with Gasteiger partial charge in [0.2, 0.25) is 5.75 Å². The number of rotatable bonds is 4. The monoisotopic (exact) mass is 233 g/mol. The molecule has 0 aliphatic carbocycles. The number of aliphatic hydroxyl groups excluding tert-OH is 1. The molecule has 0 fully saturated rings. The number of phenols is 1. The third kappa shape index (κ3) is 2.71. The molecule has 82 valence electrons. The standard InChI is InChI=1S/C8H8ClNO5/c9-5-3-6(10(13)14)8(4-7(5)12)15-2-1-11/h3-4,11-12H,1-2H2. The van der Waals surface area contributed by atoms with E-state index in [1.165, 1.54) is 0 Å². The molecule has 1 aromatic carbocycles. The highest BCUT2D eigenvalue weighted by atomic mass is 35.5. The zero-order valence-electron chi connectivity index (χ0n) is 7.51. The van der Waals surface area contributed by atoms with Crippen molar-refractivity contribution in [1.82, 2.24) is 0 Å². The van der Waals surface area contributed by atoms with Gasteiger partial charge in [0.25, 0.3) is 0 Å². The Morgan fingerprint density at radius 1 is 1.53 bits per heavy atom. The first kappa shape index (κ1) is 11.5. The zero-order chi connectivity index (χ0) is 11.4. The molecule has 0 aliphatic rings. The minimum atomic E-state index is -0.683. The second-order valence-corrected chi connectivity index (χ2v) is 3.01. The lowest BCUT2D eigenvalue weighted by atomic mass is 10.3. The van der Waals surface area contributed by atoms with Gasteiger partial charge in [-0.05, 0) is 0 Å². The van der Waals surface area contributed by atoms with Crippen molar-refractivity contribution in [2.75, 3.05) is 13.2 Å². The summed E-state index contributed by atoms with van der Waals surface area (Å²) in [5.74, 6) is -0.439. The Hall–Kier alpha value is -1.53. The number of hydrogen-bond acceptors (Lipinski definition) is 5. The molecule has 0 radical (unpaired) electrons. The average Bonchev–Trinajstić information content (AvgIpc) is 2.19. The maximum Gasteiger partial charge on any atom is 0.312 e. The Labute approximate surface area is 89.8 Å². The smallest absolute Gasteiger partial charge is 0.312 e. The Balaban J connectivity index is 3.10. The fourth-order valence-corrected chi connectivity index (χ4v) is 1.10. The lowest BCUT2D eigenvalue weighted by Gasteiger charge is -2.06. The normalized spacial score (nSPS) is 10.0. The molecular weight excluding hydrogens is 226 g/mol. The summed E-state index contributed by atoms with van der Waals surface area (Å²) in [5.41, 5.74) is -0.355. The van der Waals surface area contributed by atoms with Crippen LogP contribution in [0.4, 0.5) is 5.69 Å². The third-order valence-electron chi connectivity index (χ3n) is 1.57. The van der Waals surface area contributed by atoms with Gasteiger partial charge in [-0.15, -0.1) is 0 Å². The molecule has 2 N–H and O–H groups in total. The summed E-state index contributed by atoms with van der Waals surface area (Å²) in [6, 6.07) is 2.03. The number of nitrogens with zero attached hydrogens (tertiary/aromatic N) is 1. The summed E-state index contributed by atoms with van der Waals surface area (Å²) in [5, 5.41) is 28.2. The predicted molar refractivity (Wildman–Crippen MR) is 52.4 cm³/mol. The van der Waals surface area contributed by atoms with E-state index in [2.05, 4.69) is 0 Å². The molecule has 0 unspecified atom stereocenters. The quantitative estimate of drug-likeness (QED) is 0.604. The number of hydrogen-bond donors (Lipinski definition) is 2. The van der Waals surface area contributed by atoms with Crippen molar-refractivity contribution in [1.29, 1.82) is 0 Å². The number of phenolic OH excluding ortho intramolecular Hbond substituents is 1. The first-order valence-corrected chi connectivity index (χ1v) is 4.34. The van der Waals surface area contributed by atoms with E-state index in [0.29, 0.717) is 0 Å². The third-order valence-corrected chi connectivity index (χ3v) is 1.88. The van der Waals surface area contributed by atoms with Gasteiger partial charge in [0.1, 0.15) is 12.4 Å². The molecule has 0 aromatic heterocycles. The molecule has 0 heterocycles. The molecule has 0 bridgehead atoms. The predicted octanol–water partition coefficient (Wildman–Crippen LogP) is 1.32. The van der Waals surface area contributed by atoms with Gasteiger partial charge < -0.3 is 14.9 Å². The van der Waals surface area contributed by atoms with E-state index in [0.717, 1.165) is 12.1 Å². The largest absolute Gasteiger partial charge is 0.506 e. The molecule has 7 heteroatoms. The average molecular weight is 234 g/mol. The van der Waals surface area contributed by atoms with Crippen LogP contribution in [-0.4, -0.2) is 28.4 Å². The summed E-state index contributed by atoms with van der Waals surface area (Å²) in [7, 11) is 0. The van der Waals surface area contributed by atoms with Crippen LogP contribution in [0.1, 0.15) is 0 Å². The molecule has 1 rings (SSSR count). The number of nitro groups is 1. The zero-order valence-corrected chi connectivity index (χ0v) is 8.27. The van der Waals surface area contributed by atoms with Crippen molar-refractivity contribution in [2.24, 2.45) is 0 Å². The summed E-state index contributed by atoms with van der Waals surface area (Å²) in [4.78, 5) is 9.89. The van der Waals surface area contributed by atoms with Crippen LogP contribution in [0, 0.1) is 10.1 Å². The fourth-order valence-electron chi connectivity index (χ4n) is 0.946. The molecule has 6 nitrogen and oxygen atoms in total. The van der Waals surface area contributed by atoms with E-state index in [4.69, 9.17) is 21.4 Å². The van der Waals surface area contributed by atoms with Gasteiger partial charge in [-0.25, -0.2) is 0 Å². The molecule has 0 amide bonds. The Morgan fingerprint density at radius 3 is 2.73 bits per heavy atom. The van der Waals surface area contributed by atoms with E-state index in [-0.39, 0.29) is 35.4 Å². The lowest BCUT2D eigenvalue weighted by molar-refractivity contribution is -0.385. The van der Waals surface area contributed by atoms with Crippen molar-refractivity contribution in [3.05, 3.63) is 27.3 Å². The van der Waals surface area contributed by atoms with Crippen molar-refractivity contribution < 1.29 is 19.9 Å². The van der Waals surface area contributed by atoms with Crippen LogP contribution >= 0.6 is 11.6 Å². The molecular formula is C8H8ClNO5. The van der Waals surface area contributed by atoms with Crippen LogP contribution in [0.2, 0.25) is 5.02 Å². The van der Waals surface area contributed by atoms with Crippen LogP contribution in [0.5, 0.6) is 11.5 Å². The number of benzene rings is 1. The second kappa shape index (κ2) is 4.81. The van der Waals surface area contributed by atoms with Crippen molar-refractivity contribution in [3.8, 4) is 11.5 Å². The molecule has 0 saturated heterocycles. The van der Waals surface area contributed by atoms with Gasteiger partial charge in [-0.3, -0.25) is 10.1 Å². The number of aliphatic hydroxyl groups is 1. The van der Waals surface area contributed by atoms with Gasteiger partial charge in [-0.1, -0.05) is 11.6 Å². The molecule has 0 atom stereocenters. The van der Waals surface area contributed by atoms with Crippen LogP contribution in [0.25, 0.3) is 0 Å². The topological polar surface area (TPSA) is 92.8 Å². The van der Waals surface area contributed by atoms with E-state index < -0.39 is 4.92 Å². The van der Waals surface area contributed by atoms with Crippen LogP contribution in [0.3, 0.4) is 0 Å². The van der Waals surface area contributed by atoms with Gasteiger partial charge in [0.15, 0.2) is 0 Å². The first-order valence-electron chi connectivity index (χ1n) is 3.97. The van der Waals surface area contributed by atoms with Gasteiger partial charge in [0.05, 0.1) is 16.6 Å². The number of aromatic hydroxyl groups is 1. The minimum absolute atomic E-state index is 0.0953. The molecule has 0 saturated carbocycles. The highest BCUT2D eigenvalue weighted by Gasteiger charge is 2.18.